The van der Waals surface area contributed by atoms with Crippen molar-refractivity contribution >= 4 is 27.8 Å². The van der Waals surface area contributed by atoms with Crippen LogP contribution in [0.25, 0.3) is 0 Å². The summed E-state index contributed by atoms with van der Waals surface area (Å²) in [6.07, 6.45) is -0.773. The molecule has 20 heavy (non-hydrogen) atoms. The molecule has 0 heterocycles. The van der Waals surface area contributed by atoms with Gasteiger partial charge >= 0.3 is 5.97 Å². The fourth-order valence-electron chi connectivity index (χ4n) is 1.58. The number of halogens is 1. The molecular weight excluding hydrogens is 326 g/mol. The van der Waals surface area contributed by atoms with E-state index in [1.807, 2.05) is 6.07 Å². The SMILES string of the molecule is CC(Oc1cccc(Br)c1)C(=O)N[C@H](C(=O)O)C(C)C. The smallest absolute Gasteiger partial charge is 0.326 e. The summed E-state index contributed by atoms with van der Waals surface area (Å²) in [6, 6.07) is 6.18. The van der Waals surface area contributed by atoms with Gasteiger partial charge < -0.3 is 15.2 Å². The second kappa shape index (κ2) is 7.28. The third kappa shape index (κ3) is 4.85. The van der Waals surface area contributed by atoms with Crippen molar-refractivity contribution in [2.75, 3.05) is 0 Å². The van der Waals surface area contributed by atoms with Crippen LogP contribution in [-0.4, -0.2) is 29.1 Å². The number of carboxylic acid groups (broad SMARTS) is 1. The lowest BCUT2D eigenvalue weighted by Gasteiger charge is -2.21. The van der Waals surface area contributed by atoms with Crippen molar-refractivity contribution in [3.8, 4) is 5.75 Å². The van der Waals surface area contributed by atoms with Crippen LogP contribution in [0, 0.1) is 5.92 Å². The predicted octanol–water partition coefficient (Wildman–Crippen LogP) is 2.44. The molecule has 1 aromatic carbocycles. The fourth-order valence-corrected chi connectivity index (χ4v) is 1.96. The van der Waals surface area contributed by atoms with Gasteiger partial charge in [-0.3, -0.25) is 4.79 Å². The molecule has 6 heteroatoms. The lowest BCUT2D eigenvalue weighted by Crippen LogP contribution is -2.48. The Morgan fingerprint density at radius 2 is 1.95 bits per heavy atom. The first-order chi connectivity index (χ1) is 9.31. The Kier molecular flexibility index (Phi) is 6.01. The highest BCUT2D eigenvalue weighted by Crippen LogP contribution is 2.19. The van der Waals surface area contributed by atoms with Crippen LogP contribution in [0.1, 0.15) is 20.8 Å². The van der Waals surface area contributed by atoms with Crippen molar-refractivity contribution < 1.29 is 19.4 Å². The summed E-state index contributed by atoms with van der Waals surface area (Å²) in [5.74, 6) is -1.16. The summed E-state index contributed by atoms with van der Waals surface area (Å²) in [4.78, 5) is 23.0. The molecule has 1 unspecified atom stereocenters. The quantitative estimate of drug-likeness (QED) is 0.831. The van der Waals surface area contributed by atoms with Crippen LogP contribution in [0.2, 0.25) is 0 Å². The molecule has 0 saturated heterocycles. The van der Waals surface area contributed by atoms with Crippen LogP contribution in [0.3, 0.4) is 0 Å². The van der Waals surface area contributed by atoms with Gasteiger partial charge in [0.25, 0.3) is 5.91 Å². The molecular formula is C14H18BrNO4. The predicted molar refractivity (Wildman–Crippen MR) is 78.6 cm³/mol. The topological polar surface area (TPSA) is 75.6 Å². The molecule has 2 N–H and O–H groups in total. The molecule has 0 aromatic heterocycles. The average Bonchev–Trinajstić information content (AvgIpc) is 2.34. The van der Waals surface area contributed by atoms with E-state index in [9.17, 15) is 9.59 Å². The maximum Gasteiger partial charge on any atom is 0.326 e. The van der Waals surface area contributed by atoms with E-state index in [4.69, 9.17) is 9.84 Å². The van der Waals surface area contributed by atoms with Crippen molar-refractivity contribution in [1.82, 2.24) is 5.32 Å². The highest BCUT2D eigenvalue weighted by Gasteiger charge is 2.26. The Morgan fingerprint density at radius 1 is 1.30 bits per heavy atom. The Balaban J connectivity index is 2.65. The minimum absolute atomic E-state index is 0.200. The third-order valence-corrected chi connectivity index (χ3v) is 3.20. The first-order valence-electron chi connectivity index (χ1n) is 6.26. The maximum absolute atomic E-state index is 11.9. The van der Waals surface area contributed by atoms with Gasteiger partial charge in [0, 0.05) is 4.47 Å². The average molecular weight is 344 g/mol. The molecule has 110 valence electrons. The van der Waals surface area contributed by atoms with E-state index in [2.05, 4.69) is 21.2 Å². The number of nitrogens with one attached hydrogen (secondary N) is 1. The van der Waals surface area contributed by atoms with E-state index in [-0.39, 0.29) is 5.92 Å². The zero-order valence-electron chi connectivity index (χ0n) is 11.6. The molecule has 2 atom stereocenters. The number of amides is 1. The van der Waals surface area contributed by atoms with Crippen LogP contribution >= 0.6 is 15.9 Å². The summed E-state index contributed by atoms with van der Waals surface area (Å²) < 4.78 is 6.32. The monoisotopic (exact) mass is 343 g/mol. The van der Waals surface area contributed by atoms with Crippen LogP contribution < -0.4 is 10.1 Å². The number of hydrogen-bond donors (Lipinski definition) is 2. The zero-order chi connectivity index (χ0) is 15.3. The standard InChI is InChI=1S/C14H18BrNO4/c1-8(2)12(14(18)19)16-13(17)9(3)20-11-6-4-5-10(15)7-11/h4-9,12H,1-3H3,(H,16,17)(H,18,19)/t9?,12-/m0/s1. The van der Waals surface area contributed by atoms with Crippen LogP contribution in [0.5, 0.6) is 5.75 Å². The molecule has 0 spiro atoms. The molecule has 5 nitrogen and oxygen atoms in total. The first kappa shape index (κ1) is 16.5. The summed E-state index contributed by atoms with van der Waals surface area (Å²) in [5.41, 5.74) is 0. The number of aliphatic carboxylic acids is 1. The normalized spacial score (nSPS) is 13.7. The number of carbonyl (C=O) groups is 2. The molecule has 0 aliphatic rings. The molecule has 0 bridgehead atoms. The number of carbonyl (C=O) groups excluding carboxylic acids is 1. The number of hydrogen-bond acceptors (Lipinski definition) is 3. The molecule has 1 rings (SSSR count). The van der Waals surface area contributed by atoms with Crippen molar-refractivity contribution in [3.05, 3.63) is 28.7 Å². The minimum atomic E-state index is -1.05. The largest absolute Gasteiger partial charge is 0.481 e. The Hall–Kier alpha value is -1.56. The number of benzene rings is 1. The Labute approximate surface area is 126 Å². The molecule has 0 fully saturated rings. The van der Waals surface area contributed by atoms with Crippen LogP contribution in [-0.2, 0) is 9.59 Å². The lowest BCUT2D eigenvalue weighted by molar-refractivity contribution is -0.144. The van der Waals surface area contributed by atoms with Crippen molar-refractivity contribution in [3.63, 3.8) is 0 Å². The summed E-state index contributed by atoms with van der Waals surface area (Å²) in [5, 5.41) is 11.5. The zero-order valence-corrected chi connectivity index (χ0v) is 13.2. The van der Waals surface area contributed by atoms with E-state index in [0.29, 0.717) is 5.75 Å². The Morgan fingerprint density at radius 3 is 2.45 bits per heavy atom. The van der Waals surface area contributed by atoms with Gasteiger partial charge in [-0.25, -0.2) is 4.79 Å². The summed E-state index contributed by atoms with van der Waals surface area (Å²) in [7, 11) is 0. The van der Waals surface area contributed by atoms with E-state index in [1.165, 1.54) is 0 Å². The van der Waals surface area contributed by atoms with Gasteiger partial charge in [-0.05, 0) is 31.0 Å². The van der Waals surface area contributed by atoms with E-state index in [0.717, 1.165) is 4.47 Å². The molecule has 1 aromatic rings. The van der Waals surface area contributed by atoms with Gasteiger partial charge in [0.15, 0.2) is 6.10 Å². The third-order valence-electron chi connectivity index (χ3n) is 2.71. The van der Waals surface area contributed by atoms with E-state index in [1.54, 1.807) is 39.0 Å². The maximum atomic E-state index is 11.9. The van der Waals surface area contributed by atoms with E-state index < -0.39 is 24.0 Å². The van der Waals surface area contributed by atoms with Crippen LogP contribution in [0.4, 0.5) is 0 Å². The van der Waals surface area contributed by atoms with Gasteiger partial charge in [-0.15, -0.1) is 0 Å². The lowest BCUT2D eigenvalue weighted by atomic mass is 10.0. The second-order valence-corrected chi connectivity index (χ2v) is 5.70. The second-order valence-electron chi connectivity index (χ2n) is 4.79. The number of ether oxygens (including phenoxy) is 1. The van der Waals surface area contributed by atoms with Crippen molar-refractivity contribution in [2.24, 2.45) is 5.92 Å². The molecule has 0 aliphatic heterocycles. The molecule has 0 aliphatic carbocycles. The highest BCUT2D eigenvalue weighted by molar-refractivity contribution is 9.10. The summed E-state index contributed by atoms with van der Waals surface area (Å²) in [6.45, 7) is 5.05. The summed E-state index contributed by atoms with van der Waals surface area (Å²) >= 11 is 3.31. The Bertz CT molecular complexity index is 490. The van der Waals surface area contributed by atoms with Gasteiger partial charge in [0.1, 0.15) is 11.8 Å². The number of rotatable bonds is 6. The first-order valence-corrected chi connectivity index (χ1v) is 7.06. The van der Waals surface area contributed by atoms with Gasteiger partial charge in [-0.1, -0.05) is 35.8 Å². The van der Waals surface area contributed by atoms with Gasteiger partial charge in [0.05, 0.1) is 0 Å². The minimum Gasteiger partial charge on any atom is -0.481 e. The highest BCUT2D eigenvalue weighted by atomic mass is 79.9. The molecule has 1 amide bonds. The van der Waals surface area contributed by atoms with Gasteiger partial charge in [0.2, 0.25) is 0 Å². The number of carboxylic acids is 1. The van der Waals surface area contributed by atoms with Crippen molar-refractivity contribution in [1.29, 1.82) is 0 Å². The fraction of sp³-hybridized carbons (Fsp3) is 0.429. The van der Waals surface area contributed by atoms with Crippen LogP contribution in [0.15, 0.2) is 28.7 Å². The van der Waals surface area contributed by atoms with Crippen molar-refractivity contribution in [2.45, 2.75) is 32.9 Å². The van der Waals surface area contributed by atoms with Gasteiger partial charge in [-0.2, -0.15) is 0 Å². The molecule has 0 radical (unpaired) electrons. The molecule has 0 saturated carbocycles. The van der Waals surface area contributed by atoms with E-state index >= 15 is 0 Å².